The first-order chi connectivity index (χ1) is 12.2. The Balaban J connectivity index is 1.65. The summed E-state index contributed by atoms with van der Waals surface area (Å²) < 4.78 is 10.1. The van der Waals surface area contributed by atoms with Gasteiger partial charge >= 0.3 is 5.97 Å². The molecule has 0 N–H and O–H groups in total. The van der Waals surface area contributed by atoms with Gasteiger partial charge in [-0.15, -0.1) is 11.8 Å². The van der Waals surface area contributed by atoms with Crippen LogP contribution in [0.1, 0.15) is 30.9 Å². The van der Waals surface area contributed by atoms with Gasteiger partial charge in [-0.3, -0.25) is 4.79 Å². The van der Waals surface area contributed by atoms with Crippen LogP contribution in [0.3, 0.4) is 0 Å². The highest BCUT2D eigenvalue weighted by Gasteiger charge is 2.04. The Kier molecular flexibility index (Phi) is 8.40. The number of rotatable bonds is 10. The molecule has 0 radical (unpaired) electrons. The fourth-order valence-electron chi connectivity index (χ4n) is 2.50. The summed E-state index contributed by atoms with van der Waals surface area (Å²) in [7, 11) is 1.69. The Morgan fingerprint density at radius 1 is 0.960 bits per heavy atom. The molecule has 0 saturated carbocycles. The molecule has 2 aromatic rings. The molecule has 134 valence electrons. The SMILES string of the molecule is CCOC(=O)Cc1ccc(CCCCSc2ccc(OC)cc2)cc1. The van der Waals surface area contributed by atoms with E-state index in [0.29, 0.717) is 13.0 Å². The Bertz CT molecular complexity index is 635. The van der Waals surface area contributed by atoms with Gasteiger partial charge in [-0.05, 0) is 67.3 Å². The van der Waals surface area contributed by atoms with Crippen LogP contribution in [0.2, 0.25) is 0 Å². The molecule has 0 aliphatic rings. The second-order valence-corrected chi connectivity index (χ2v) is 6.95. The third-order valence-electron chi connectivity index (χ3n) is 3.86. The highest BCUT2D eigenvalue weighted by Crippen LogP contribution is 2.22. The van der Waals surface area contributed by atoms with E-state index in [1.807, 2.05) is 43.0 Å². The first-order valence-corrected chi connectivity index (χ1v) is 9.70. The summed E-state index contributed by atoms with van der Waals surface area (Å²) in [5.74, 6) is 1.86. The summed E-state index contributed by atoms with van der Waals surface area (Å²) in [5, 5.41) is 0. The lowest BCUT2D eigenvalue weighted by Gasteiger charge is -2.05. The van der Waals surface area contributed by atoms with Crippen molar-refractivity contribution in [2.45, 2.75) is 37.5 Å². The van der Waals surface area contributed by atoms with E-state index in [2.05, 4.69) is 24.3 Å². The molecule has 0 amide bonds. The second kappa shape index (κ2) is 10.8. The van der Waals surface area contributed by atoms with Gasteiger partial charge in [0.05, 0.1) is 20.1 Å². The highest BCUT2D eigenvalue weighted by atomic mass is 32.2. The van der Waals surface area contributed by atoms with Crippen LogP contribution in [0.5, 0.6) is 5.75 Å². The van der Waals surface area contributed by atoms with Crippen LogP contribution in [-0.2, 0) is 22.4 Å². The Morgan fingerprint density at radius 2 is 1.64 bits per heavy atom. The van der Waals surface area contributed by atoms with Crippen LogP contribution in [0, 0.1) is 0 Å². The number of benzene rings is 2. The third-order valence-corrected chi connectivity index (χ3v) is 4.96. The molecular formula is C21H26O3S. The van der Waals surface area contributed by atoms with Gasteiger partial charge in [0.1, 0.15) is 5.75 Å². The number of esters is 1. The largest absolute Gasteiger partial charge is 0.497 e. The number of methoxy groups -OCH3 is 1. The van der Waals surface area contributed by atoms with Crippen molar-refractivity contribution in [2.75, 3.05) is 19.5 Å². The van der Waals surface area contributed by atoms with Gasteiger partial charge in [-0.2, -0.15) is 0 Å². The molecule has 0 aliphatic carbocycles. The van der Waals surface area contributed by atoms with Crippen molar-refractivity contribution < 1.29 is 14.3 Å². The van der Waals surface area contributed by atoms with Crippen molar-refractivity contribution in [1.29, 1.82) is 0 Å². The summed E-state index contributed by atoms with van der Waals surface area (Å²) in [6, 6.07) is 16.5. The molecule has 2 rings (SSSR count). The van der Waals surface area contributed by atoms with Crippen LogP contribution in [0.4, 0.5) is 0 Å². The fourth-order valence-corrected chi connectivity index (χ4v) is 3.41. The van der Waals surface area contributed by atoms with Crippen molar-refractivity contribution in [3.63, 3.8) is 0 Å². The fraction of sp³-hybridized carbons (Fsp3) is 0.381. The van der Waals surface area contributed by atoms with Crippen LogP contribution < -0.4 is 4.74 Å². The predicted molar refractivity (Wildman–Crippen MR) is 103 cm³/mol. The molecule has 4 heteroatoms. The topological polar surface area (TPSA) is 35.5 Å². The van der Waals surface area contributed by atoms with Gasteiger partial charge in [-0.1, -0.05) is 24.3 Å². The molecule has 0 heterocycles. The maximum Gasteiger partial charge on any atom is 0.310 e. The molecule has 0 fully saturated rings. The van der Waals surface area contributed by atoms with Crippen molar-refractivity contribution in [3.05, 3.63) is 59.7 Å². The van der Waals surface area contributed by atoms with E-state index in [9.17, 15) is 4.79 Å². The third kappa shape index (κ3) is 7.22. The predicted octanol–water partition coefficient (Wildman–Crippen LogP) is 4.92. The molecule has 0 aliphatic heterocycles. The lowest BCUT2D eigenvalue weighted by molar-refractivity contribution is -0.142. The van der Waals surface area contributed by atoms with Gasteiger partial charge < -0.3 is 9.47 Å². The van der Waals surface area contributed by atoms with Crippen molar-refractivity contribution in [2.24, 2.45) is 0 Å². The van der Waals surface area contributed by atoms with E-state index >= 15 is 0 Å². The lowest BCUT2D eigenvalue weighted by atomic mass is 10.1. The van der Waals surface area contributed by atoms with E-state index in [0.717, 1.165) is 23.5 Å². The van der Waals surface area contributed by atoms with E-state index in [4.69, 9.17) is 9.47 Å². The van der Waals surface area contributed by atoms with Crippen LogP contribution >= 0.6 is 11.8 Å². The zero-order valence-corrected chi connectivity index (χ0v) is 15.8. The molecule has 0 aromatic heterocycles. The summed E-state index contributed by atoms with van der Waals surface area (Å²) in [6.07, 6.45) is 3.77. The van der Waals surface area contributed by atoms with Gasteiger partial charge in [0, 0.05) is 4.90 Å². The second-order valence-electron chi connectivity index (χ2n) is 5.78. The molecule has 2 aromatic carbocycles. The van der Waals surface area contributed by atoms with Gasteiger partial charge in [0.2, 0.25) is 0 Å². The number of carbonyl (C=O) groups is 1. The molecule has 0 bridgehead atoms. The Hall–Kier alpha value is -1.94. The molecule has 0 unspecified atom stereocenters. The maximum atomic E-state index is 11.5. The zero-order chi connectivity index (χ0) is 17.9. The monoisotopic (exact) mass is 358 g/mol. The van der Waals surface area contributed by atoms with Crippen LogP contribution in [0.25, 0.3) is 0 Å². The van der Waals surface area contributed by atoms with E-state index in [1.54, 1.807) is 7.11 Å². The lowest BCUT2D eigenvalue weighted by Crippen LogP contribution is -2.07. The number of hydrogen-bond donors (Lipinski definition) is 0. The average molecular weight is 359 g/mol. The van der Waals surface area contributed by atoms with Crippen LogP contribution in [-0.4, -0.2) is 25.4 Å². The standard InChI is InChI=1S/C21H26O3S/c1-3-24-21(22)16-18-9-7-17(8-10-18)6-4-5-15-25-20-13-11-19(23-2)12-14-20/h7-14H,3-6,15-16H2,1-2H3. The number of unbranched alkanes of at least 4 members (excludes halogenated alkanes) is 1. The van der Waals surface area contributed by atoms with Gasteiger partial charge in [0.25, 0.3) is 0 Å². The Morgan fingerprint density at radius 3 is 2.28 bits per heavy atom. The van der Waals surface area contributed by atoms with Crippen molar-refractivity contribution >= 4 is 17.7 Å². The first kappa shape index (κ1) is 19.4. The van der Waals surface area contributed by atoms with E-state index < -0.39 is 0 Å². The zero-order valence-electron chi connectivity index (χ0n) is 15.0. The van der Waals surface area contributed by atoms with Crippen molar-refractivity contribution in [3.8, 4) is 5.75 Å². The Labute approximate surface area is 154 Å². The maximum absolute atomic E-state index is 11.5. The summed E-state index contributed by atoms with van der Waals surface area (Å²) >= 11 is 1.88. The quantitative estimate of drug-likeness (QED) is 0.343. The van der Waals surface area contributed by atoms with Crippen molar-refractivity contribution in [1.82, 2.24) is 0 Å². The van der Waals surface area contributed by atoms with Gasteiger partial charge in [-0.25, -0.2) is 0 Å². The minimum Gasteiger partial charge on any atom is -0.497 e. The molecule has 0 atom stereocenters. The molecular weight excluding hydrogens is 332 g/mol. The highest BCUT2D eigenvalue weighted by molar-refractivity contribution is 7.99. The minimum atomic E-state index is -0.161. The summed E-state index contributed by atoms with van der Waals surface area (Å²) in [4.78, 5) is 12.7. The summed E-state index contributed by atoms with van der Waals surface area (Å²) in [5.41, 5.74) is 2.33. The smallest absolute Gasteiger partial charge is 0.310 e. The minimum absolute atomic E-state index is 0.161. The molecule has 3 nitrogen and oxygen atoms in total. The normalized spacial score (nSPS) is 10.5. The number of aryl methyl sites for hydroxylation is 1. The van der Waals surface area contributed by atoms with Crippen LogP contribution in [0.15, 0.2) is 53.4 Å². The number of ether oxygens (including phenoxy) is 2. The molecule has 0 saturated heterocycles. The van der Waals surface area contributed by atoms with E-state index in [1.165, 1.54) is 23.3 Å². The molecule has 25 heavy (non-hydrogen) atoms. The van der Waals surface area contributed by atoms with E-state index in [-0.39, 0.29) is 5.97 Å². The number of hydrogen-bond acceptors (Lipinski definition) is 4. The summed E-state index contributed by atoms with van der Waals surface area (Å²) in [6.45, 7) is 2.26. The first-order valence-electron chi connectivity index (χ1n) is 8.71. The van der Waals surface area contributed by atoms with Gasteiger partial charge in [0.15, 0.2) is 0 Å². The molecule has 0 spiro atoms. The number of carbonyl (C=O) groups excluding carboxylic acids is 1. The average Bonchev–Trinajstić information content (AvgIpc) is 2.63. The number of thioether (sulfide) groups is 1.